The fraction of sp³-hybridized carbons (Fsp3) is 0. The van der Waals surface area contributed by atoms with Gasteiger partial charge in [-0.3, -0.25) is 4.79 Å². The van der Waals surface area contributed by atoms with Gasteiger partial charge in [0.05, 0.1) is 5.56 Å². The summed E-state index contributed by atoms with van der Waals surface area (Å²) in [4.78, 5) is 16.5. The number of benzene rings is 2. The number of hydrogen-bond acceptors (Lipinski definition) is 2. The summed E-state index contributed by atoms with van der Waals surface area (Å²) < 4.78 is 0.915. The van der Waals surface area contributed by atoms with Crippen LogP contribution in [0.3, 0.4) is 0 Å². The van der Waals surface area contributed by atoms with E-state index in [2.05, 4.69) is 44.7 Å². The summed E-state index contributed by atoms with van der Waals surface area (Å²) in [6.45, 7) is 0. The Labute approximate surface area is 154 Å². The SMILES string of the molecule is O=C(Nc1cccc(C#Cc2ccccn2)c1)c1ccccc1I. The van der Waals surface area contributed by atoms with Crippen molar-refractivity contribution in [2.45, 2.75) is 0 Å². The van der Waals surface area contributed by atoms with E-state index >= 15 is 0 Å². The molecule has 1 aromatic heterocycles. The summed E-state index contributed by atoms with van der Waals surface area (Å²) in [6, 6.07) is 20.6. The molecule has 0 aliphatic carbocycles. The average Bonchev–Trinajstić information content (AvgIpc) is 2.61. The van der Waals surface area contributed by atoms with Gasteiger partial charge in [-0.1, -0.05) is 30.2 Å². The van der Waals surface area contributed by atoms with Gasteiger partial charge in [0.2, 0.25) is 0 Å². The first-order valence-corrected chi connectivity index (χ1v) is 8.39. The van der Waals surface area contributed by atoms with Crippen molar-refractivity contribution in [2.75, 3.05) is 5.32 Å². The number of rotatable bonds is 2. The van der Waals surface area contributed by atoms with Crippen molar-refractivity contribution >= 4 is 34.2 Å². The normalized spacial score (nSPS) is 9.71. The number of nitrogens with one attached hydrogen (secondary N) is 1. The minimum Gasteiger partial charge on any atom is -0.322 e. The highest BCUT2D eigenvalue weighted by Crippen LogP contribution is 2.15. The van der Waals surface area contributed by atoms with Crippen LogP contribution in [0.1, 0.15) is 21.6 Å². The van der Waals surface area contributed by atoms with Gasteiger partial charge in [-0.05, 0) is 71.0 Å². The molecule has 0 aliphatic heterocycles. The van der Waals surface area contributed by atoms with E-state index in [9.17, 15) is 4.79 Å². The molecule has 1 heterocycles. The fourth-order valence-electron chi connectivity index (χ4n) is 2.09. The maximum atomic E-state index is 12.4. The molecule has 0 fully saturated rings. The number of carbonyl (C=O) groups is 1. The van der Waals surface area contributed by atoms with Gasteiger partial charge in [0.25, 0.3) is 5.91 Å². The first-order valence-electron chi connectivity index (χ1n) is 7.31. The highest BCUT2D eigenvalue weighted by atomic mass is 127. The molecular weight excluding hydrogens is 411 g/mol. The summed E-state index contributed by atoms with van der Waals surface area (Å²) in [6.07, 6.45) is 1.71. The second-order valence-electron chi connectivity index (χ2n) is 4.98. The van der Waals surface area contributed by atoms with Crippen molar-refractivity contribution in [3.8, 4) is 11.8 Å². The maximum Gasteiger partial charge on any atom is 0.256 e. The van der Waals surface area contributed by atoms with Gasteiger partial charge >= 0.3 is 0 Å². The highest BCUT2D eigenvalue weighted by Gasteiger charge is 2.09. The Hall–Kier alpha value is -2.65. The molecular formula is C20H13IN2O. The van der Waals surface area contributed by atoms with E-state index in [4.69, 9.17) is 0 Å². The van der Waals surface area contributed by atoms with E-state index in [1.54, 1.807) is 6.20 Å². The van der Waals surface area contributed by atoms with Crippen LogP contribution in [0, 0.1) is 15.4 Å². The molecule has 0 aliphatic rings. The Morgan fingerprint density at radius 1 is 0.958 bits per heavy atom. The standard InChI is InChI=1S/C20H13IN2O/c21-19-10-2-1-9-18(19)20(24)23-17-8-5-6-15(14-17)11-12-16-7-3-4-13-22-16/h1-10,13-14H,(H,23,24). The quantitative estimate of drug-likeness (QED) is 0.492. The Morgan fingerprint density at radius 2 is 1.79 bits per heavy atom. The average molecular weight is 424 g/mol. The monoisotopic (exact) mass is 424 g/mol. The Kier molecular flexibility index (Phi) is 5.24. The fourth-order valence-corrected chi connectivity index (χ4v) is 2.72. The number of halogens is 1. The van der Waals surface area contributed by atoms with Gasteiger partial charge in [0, 0.05) is 21.0 Å². The maximum absolute atomic E-state index is 12.4. The third-order valence-electron chi connectivity index (χ3n) is 3.24. The van der Waals surface area contributed by atoms with Gasteiger partial charge < -0.3 is 5.32 Å². The molecule has 3 nitrogen and oxygen atoms in total. The van der Waals surface area contributed by atoms with E-state index in [1.165, 1.54) is 0 Å². The summed E-state index contributed by atoms with van der Waals surface area (Å²) in [5.41, 5.74) is 2.91. The molecule has 0 atom stereocenters. The van der Waals surface area contributed by atoms with E-state index in [0.717, 1.165) is 9.13 Å². The molecule has 0 saturated heterocycles. The number of nitrogens with zero attached hydrogens (tertiary/aromatic N) is 1. The Morgan fingerprint density at radius 3 is 2.58 bits per heavy atom. The van der Waals surface area contributed by atoms with Crippen LogP contribution < -0.4 is 5.32 Å². The van der Waals surface area contributed by atoms with Gasteiger partial charge in [0.15, 0.2) is 0 Å². The molecule has 0 bridgehead atoms. The summed E-state index contributed by atoms with van der Waals surface area (Å²) in [7, 11) is 0. The van der Waals surface area contributed by atoms with Crippen LogP contribution in [0.15, 0.2) is 72.9 Å². The van der Waals surface area contributed by atoms with Crippen LogP contribution in [0.4, 0.5) is 5.69 Å². The predicted molar refractivity (Wildman–Crippen MR) is 104 cm³/mol. The summed E-state index contributed by atoms with van der Waals surface area (Å²) in [5, 5.41) is 2.91. The van der Waals surface area contributed by atoms with Gasteiger partial charge in [-0.25, -0.2) is 4.98 Å². The topological polar surface area (TPSA) is 42.0 Å². The lowest BCUT2D eigenvalue weighted by molar-refractivity contribution is 0.102. The van der Waals surface area contributed by atoms with Crippen LogP contribution in [0.2, 0.25) is 0 Å². The van der Waals surface area contributed by atoms with Crippen LogP contribution >= 0.6 is 22.6 Å². The molecule has 1 N–H and O–H groups in total. The van der Waals surface area contributed by atoms with Crippen molar-refractivity contribution < 1.29 is 4.79 Å². The van der Waals surface area contributed by atoms with Crippen LogP contribution in [-0.2, 0) is 0 Å². The van der Waals surface area contributed by atoms with E-state index in [0.29, 0.717) is 16.9 Å². The number of hydrogen-bond donors (Lipinski definition) is 1. The molecule has 1 amide bonds. The van der Waals surface area contributed by atoms with Crippen LogP contribution in [0.5, 0.6) is 0 Å². The van der Waals surface area contributed by atoms with Gasteiger partial charge in [-0.15, -0.1) is 0 Å². The molecule has 4 heteroatoms. The van der Waals surface area contributed by atoms with E-state index in [-0.39, 0.29) is 5.91 Å². The lowest BCUT2D eigenvalue weighted by Gasteiger charge is -2.07. The van der Waals surface area contributed by atoms with Gasteiger partial charge in [0.1, 0.15) is 5.69 Å². The predicted octanol–water partition coefficient (Wildman–Crippen LogP) is 4.34. The number of aromatic nitrogens is 1. The zero-order valence-electron chi connectivity index (χ0n) is 12.7. The number of anilines is 1. The van der Waals surface area contributed by atoms with E-state index < -0.39 is 0 Å². The number of pyridine rings is 1. The summed E-state index contributed by atoms with van der Waals surface area (Å²) >= 11 is 2.15. The highest BCUT2D eigenvalue weighted by molar-refractivity contribution is 14.1. The third kappa shape index (κ3) is 4.21. The third-order valence-corrected chi connectivity index (χ3v) is 4.18. The van der Waals surface area contributed by atoms with Crippen molar-refractivity contribution in [2.24, 2.45) is 0 Å². The van der Waals surface area contributed by atoms with Crippen LogP contribution in [0.25, 0.3) is 0 Å². The Bertz CT molecular complexity index is 927. The van der Waals surface area contributed by atoms with Crippen LogP contribution in [-0.4, -0.2) is 10.9 Å². The first kappa shape index (κ1) is 16.2. The molecule has 3 aromatic rings. The first-order chi connectivity index (χ1) is 11.7. The van der Waals surface area contributed by atoms with Crippen molar-refractivity contribution in [3.05, 3.63) is 93.3 Å². The molecule has 2 aromatic carbocycles. The smallest absolute Gasteiger partial charge is 0.256 e. The Balaban J connectivity index is 1.78. The number of amides is 1. The second-order valence-corrected chi connectivity index (χ2v) is 6.14. The zero-order chi connectivity index (χ0) is 16.8. The number of carbonyl (C=O) groups excluding carboxylic acids is 1. The molecule has 0 unspecified atom stereocenters. The molecule has 0 saturated carbocycles. The minimum atomic E-state index is -0.130. The zero-order valence-corrected chi connectivity index (χ0v) is 14.8. The lowest BCUT2D eigenvalue weighted by Crippen LogP contribution is -2.13. The van der Waals surface area contributed by atoms with Crippen molar-refractivity contribution in [1.29, 1.82) is 0 Å². The van der Waals surface area contributed by atoms with E-state index in [1.807, 2.05) is 66.7 Å². The molecule has 24 heavy (non-hydrogen) atoms. The second kappa shape index (κ2) is 7.75. The van der Waals surface area contributed by atoms with Crippen molar-refractivity contribution in [1.82, 2.24) is 4.98 Å². The molecule has 116 valence electrons. The van der Waals surface area contributed by atoms with Crippen molar-refractivity contribution in [3.63, 3.8) is 0 Å². The lowest BCUT2D eigenvalue weighted by atomic mass is 10.1. The summed E-state index contributed by atoms with van der Waals surface area (Å²) in [5.74, 6) is 5.94. The molecule has 3 rings (SSSR count). The molecule has 0 radical (unpaired) electrons. The minimum absolute atomic E-state index is 0.130. The molecule has 0 spiro atoms. The van der Waals surface area contributed by atoms with Gasteiger partial charge in [-0.2, -0.15) is 0 Å². The largest absolute Gasteiger partial charge is 0.322 e.